The first-order valence-corrected chi connectivity index (χ1v) is 9.63. The lowest BCUT2D eigenvalue weighted by atomic mass is 9.65. The minimum Gasteiger partial charge on any atom is -0.352 e. The standard InChI is InChI=1S/C21H32N4O/c1-20(2)14-25(21(20,3)4)19(22-5)23-13-15-8-6-11-17(12-15)24-18(26)16-9-7-10-16/h6,8,11-12,16H,7,9-10,13-14H2,1-5H3,(H,22,23)(H,24,26). The summed E-state index contributed by atoms with van der Waals surface area (Å²) in [6.45, 7) is 10.8. The molecule has 0 bridgehead atoms. The molecule has 5 heteroatoms. The van der Waals surface area contributed by atoms with Gasteiger partial charge >= 0.3 is 0 Å². The third kappa shape index (κ3) is 3.44. The number of likely N-dealkylation sites (tertiary alicyclic amines) is 1. The Hall–Kier alpha value is -2.04. The molecule has 1 aliphatic heterocycles. The number of nitrogens with one attached hydrogen (secondary N) is 2. The minimum absolute atomic E-state index is 0.0768. The maximum atomic E-state index is 12.1. The Morgan fingerprint density at radius 2 is 2.00 bits per heavy atom. The van der Waals surface area contributed by atoms with Gasteiger partial charge in [-0.2, -0.15) is 0 Å². The molecule has 1 saturated heterocycles. The number of benzene rings is 1. The van der Waals surface area contributed by atoms with Crippen molar-refractivity contribution in [1.82, 2.24) is 10.2 Å². The fraction of sp³-hybridized carbons (Fsp3) is 0.619. The largest absolute Gasteiger partial charge is 0.352 e. The van der Waals surface area contributed by atoms with Crippen LogP contribution in [0.15, 0.2) is 29.3 Å². The number of aliphatic imine (C=N–C) groups is 1. The molecule has 1 amide bonds. The summed E-state index contributed by atoms with van der Waals surface area (Å²) in [7, 11) is 1.83. The molecule has 2 N–H and O–H groups in total. The van der Waals surface area contributed by atoms with Gasteiger partial charge < -0.3 is 15.5 Å². The molecule has 2 aliphatic rings. The van der Waals surface area contributed by atoms with Crippen LogP contribution in [-0.2, 0) is 11.3 Å². The smallest absolute Gasteiger partial charge is 0.227 e. The van der Waals surface area contributed by atoms with Gasteiger partial charge in [0.25, 0.3) is 0 Å². The van der Waals surface area contributed by atoms with E-state index in [0.29, 0.717) is 6.54 Å². The Labute approximate surface area is 157 Å². The highest BCUT2D eigenvalue weighted by Crippen LogP contribution is 2.46. The fourth-order valence-electron chi connectivity index (χ4n) is 3.55. The highest BCUT2D eigenvalue weighted by Gasteiger charge is 2.53. The molecular weight excluding hydrogens is 324 g/mol. The van der Waals surface area contributed by atoms with Crippen LogP contribution in [0.3, 0.4) is 0 Å². The summed E-state index contributed by atoms with van der Waals surface area (Å²) in [6.07, 6.45) is 3.21. The summed E-state index contributed by atoms with van der Waals surface area (Å²) in [4.78, 5) is 18.9. The molecule has 1 aliphatic carbocycles. The predicted molar refractivity (Wildman–Crippen MR) is 107 cm³/mol. The molecule has 142 valence electrons. The number of carbonyl (C=O) groups is 1. The van der Waals surface area contributed by atoms with Crippen LogP contribution in [0.5, 0.6) is 0 Å². The predicted octanol–water partition coefficient (Wildman–Crippen LogP) is 3.62. The van der Waals surface area contributed by atoms with Crippen molar-refractivity contribution >= 4 is 17.6 Å². The molecule has 1 saturated carbocycles. The number of nitrogens with zero attached hydrogens (tertiary/aromatic N) is 2. The average molecular weight is 357 g/mol. The van der Waals surface area contributed by atoms with E-state index < -0.39 is 0 Å². The highest BCUT2D eigenvalue weighted by molar-refractivity contribution is 5.93. The maximum Gasteiger partial charge on any atom is 0.227 e. The second-order valence-electron chi connectivity index (χ2n) is 8.75. The van der Waals surface area contributed by atoms with Gasteiger partial charge in [0.05, 0.1) is 0 Å². The Morgan fingerprint density at radius 1 is 1.27 bits per heavy atom. The molecule has 0 unspecified atom stereocenters. The Morgan fingerprint density at radius 3 is 2.54 bits per heavy atom. The fourth-order valence-corrected chi connectivity index (χ4v) is 3.55. The van der Waals surface area contributed by atoms with Crippen LogP contribution in [0, 0.1) is 11.3 Å². The third-order valence-corrected chi connectivity index (χ3v) is 6.47. The van der Waals surface area contributed by atoms with Crippen molar-refractivity contribution in [3.63, 3.8) is 0 Å². The van der Waals surface area contributed by atoms with Crippen LogP contribution in [0.4, 0.5) is 5.69 Å². The van der Waals surface area contributed by atoms with E-state index in [1.54, 1.807) is 0 Å². The van der Waals surface area contributed by atoms with Gasteiger partial charge in [-0.15, -0.1) is 0 Å². The van der Waals surface area contributed by atoms with Crippen LogP contribution in [-0.4, -0.2) is 35.9 Å². The van der Waals surface area contributed by atoms with Crippen LogP contribution in [0.2, 0.25) is 0 Å². The van der Waals surface area contributed by atoms with Crippen molar-refractivity contribution in [2.24, 2.45) is 16.3 Å². The van der Waals surface area contributed by atoms with Gasteiger partial charge in [-0.3, -0.25) is 9.79 Å². The van der Waals surface area contributed by atoms with E-state index in [-0.39, 0.29) is 22.8 Å². The van der Waals surface area contributed by atoms with Crippen LogP contribution >= 0.6 is 0 Å². The molecule has 0 atom stereocenters. The number of hydrogen-bond acceptors (Lipinski definition) is 2. The number of carbonyl (C=O) groups excluding carboxylic acids is 1. The lowest BCUT2D eigenvalue weighted by molar-refractivity contribution is -0.122. The van der Waals surface area contributed by atoms with E-state index in [2.05, 4.69) is 54.3 Å². The third-order valence-electron chi connectivity index (χ3n) is 6.47. The second-order valence-corrected chi connectivity index (χ2v) is 8.75. The van der Waals surface area contributed by atoms with Crippen molar-refractivity contribution in [3.05, 3.63) is 29.8 Å². The van der Waals surface area contributed by atoms with E-state index in [4.69, 9.17) is 0 Å². The Bertz CT molecular complexity index is 704. The summed E-state index contributed by atoms with van der Waals surface area (Å²) < 4.78 is 0. The van der Waals surface area contributed by atoms with Crippen LogP contribution < -0.4 is 10.6 Å². The van der Waals surface area contributed by atoms with Gasteiger partial charge in [0.1, 0.15) is 0 Å². The number of anilines is 1. The minimum atomic E-state index is 0.0768. The quantitative estimate of drug-likeness (QED) is 0.640. The summed E-state index contributed by atoms with van der Waals surface area (Å²) in [5.74, 6) is 1.28. The Kier molecular flexibility index (Phi) is 5.00. The normalized spacial score (nSPS) is 21.6. The molecule has 1 aromatic carbocycles. The van der Waals surface area contributed by atoms with Gasteiger partial charge in [0, 0.05) is 42.7 Å². The van der Waals surface area contributed by atoms with Gasteiger partial charge in [0.2, 0.25) is 5.91 Å². The molecule has 1 heterocycles. The molecule has 2 fully saturated rings. The topological polar surface area (TPSA) is 56.7 Å². The molecule has 26 heavy (non-hydrogen) atoms. The first-order chi connectivity index (χ1) is 12.2. The summed E-state index contributed by atoms with van der Waals surface area (Å²) >= 11 is 0. The van der Waals surface area contributed by atoms with Gasteiger partial charge in [-0.25, -0.2) is 0 Å². The van der Waals surface area contributed by atoms with Crippen molar-refractivity contribution in [3.8, 4) is 0 Å². The maximum absolute atomic E-state index is 12.1. The van der Waals surface area contributed by atoms with Gasteiger partial charge in [0.15, 0.2) is 5.96 Å². The van der Waals surface area contributed by atoms with E-state index >= 15 is 0 Å². The molecule has 3 rings (SSSR count). The lowest BCUT2D eigenvalue weighted by Crippen LogP contribution is -2.72. The van der Waals surface area contributed by atoms with E-state index in [1.165, 1.54) is 6.42 Å². The first kappa shape index (κ1) is 18.7. The van der Waals surface area contributed by atoms with E-state index in [0.717, 1.165) is 36.6 Å². The summed E-state index contributed by atoms with van der Waals surface area (Å²) in [6, 6.07) is 8.06. The molecule has 0 spiro atoms. The number of amides is 1. The van der Waals surface area contributed by atoms with Crippen molar-refractivity contribution in [2.75, 3.05) is 18.9 Å². The zero-order valence-corrected chi connectivity index (χ0v) is 16.7. The van der Waals surface area contributed by atoms with E-state index in [1.807, 2.05) is 25.2 Å². The second kappa shape index (κ2) is 6.93. The number of guanidine groups is 1. The van der Waals surface area contributed by atoms with Gasteiger partial charge in [-0.1, -0.05) is 32.4 Å². The summed E-state index contributed by atoms with van der Waals surface area (Å²) in [5.41, 5.74) is 2.36. The summed E-state index contributed by atoms with van der Waals surface area (Å²) in [5, 5.41) is 6.52. The first-order valence-electron chi connectivity index (χ1n) is 9.63. The van der Waals surface area contributed by atoms with Crippen molar-refractivity contribution < 1.29 is 4.79 Å². The molecule has 0 aromatic heterocycles. The lowest BCUT2D eigenvalue weighted by Gasteiger charge is -2.62. The Balaban J connectivity index is 1.59. The number of hydrogen-bond donors (Lipinski definition) is 2. The average Bonchev–Trinajstić information content (AvgIpc) is 2.53. The number of rotatable bonds is 4. The van der Waals surface area contributed by atoms with Crippen molar-refractivity contribution in [1.29, 1.82) is 0 Å². The van der Waals surface area contributed by atoms with Crippen LogP contribution in [0.1, 0.15) is 52.5 Å². The van der Waals surface area contributed by atoms with Crippen LogP contribution in [0.25, 0.3) is 0 Å². The van der Waals surface area contributed by atoms with Gasteiger partial charge in [-0.05, 0) is 44.4 Å². The molecule has 0 radical (unpaired) electrons. The SMILES string of the molecule is CN=C(NCc1cccc(NC(=O)C2CCC2)c1)N1CC(C)(C)C1(C)C. The zero-order valence-electron chi connectivity index (χ0n) is 16.7. The molecule has 1 aromatic rings. The monoisotopic (exact) mass is 356 g/mol. The molecular formula is C21H32N4O. The molecule has 5 nitrogen and oxygen atoms in total. The van der Waals surface area contributed by atoms with Crippen molar-refractivity contribution in [2.45, 2.75) is 59.0 Å². The van der Waals surface area contributed by atoms with E-state index in [9.17, 15) is 4.79 Å². The zero-order chi connectivity index (χ0) is 18.9. The highest BCUT2D eigenvalue weighted by atomic mass is 16.1.